The number of carbonyl (C=O) groups is 1. The topological polar surface area (TPSA) is 38.3 Å². The number of nitrogens with one attached hydrogen (secondary N) is 1. The molecule has 0 unspecified atom stereocenters. The highest BCUT2D eigenvalue weighted by molar-refractivity contribution is 5.79. The molecule has 1 fully saturated rings. The van der Waals surface area contributed by atoms with Crippen molar-refractivity contribution in [2.75, 3.05) is 13.2 Å². The molecule has 0 bridgehead atoms. The number of ether oxygens (including phenoxy) is 1. The van der Waals surface area contributed by atoms with Gasteiger partial charge >= 0.3 is 0 Å². The number of hydrogen-bond acceptors (Lipinski definition) is 2. The summed E-state index contributed by atoms with van der Waals surface area (Å²) in [7, 11) is 0. The average molecular weight is 255 g/mol. The lowest BCUT2D eigenvalue weighted by Gasteiger charge is -2.23. The molecule has 0 heterocycles. The van der Waals surface area contributed by atoms with Crippen LogP contribution in [0.25, 0.3) is 0 Å². The minimum Gasteiger partial charge on any atom is -0.489 e. The summed E-state index contributed by atoms with van der Waals surface area (Å²) in [4.78, 5) is 11.5. The van der Waals surface area contributed by atoms with Gasteiger partial charge in [-0.25, -0.2) is 8.78 Å². The van der Waals surface area contributed by atoms with E-state index in [1.807, 2.05) is 0 Å². The van der Waals surface area contributed by atoms with Crippen LogP contribution in [-0.4, -0.2) is 19.1 Å². The van der Waals surface area contributed by atoms with Gasteiger partial charge in [0.1, 0.15) is 12.4 Å². The summed E-state index contributed by atoms with van der Waals surface area (Å²) in [6.45, 7) is 0.493. The van der Waals surface area contributed by atoms with Crippen LogP contribution in [0.2, 0.25) is 0 Å². The van der Waals surface area contributed by atoms with Crippen molar-refractivity contribution in [2.45, 2.75) is 19.3 Å². The van der Waals surface area contributed by atoms with Crippen molar-refractivity contribution in [1.29, 1.82) is 0 Å². The zero-order valence-corrected chi connectivity index (χ0v) is 9.92. The number of benzene rings is 1. The molecule has 18 heavy (non-hydrogen) atoms. The van der Waals surface area contributed by atoms with Crippen LogP contribution in [0.5, 0.6) is 5.75 Å². The Morgan fingerprint density at radius 1 is 1.39 bits per heavy atom. The van der Waals surface area contributed by atoms with E-state index in [2.05, 4.69) is 5.32 Å². The van der Waals surface area contributed by atoms with Gasteiger partial charge in [-0.1, -0.05) is 6.42 Å². The Hall–Kier alpha value is -1.65. The SMILES string of the molecule is O=C(NCCOc1ccc(F)cc1F)C1CCC1. The van der Waals surface area contributed by atoms with E-state index < -0.39 is 11.6 Å². The Bertz CT molecular complexity index is 433. The van der Waals surface area contributed by atoms with E-state index in [0.29, 0.717) is 6.54 Å². The molecule has 5 heteroatoms. The molecular weight excluding hydrogens is 240 g/mol. The summed E-state index contributed by atoms with van der Waals surface area (Å²) in [5.41, 5.74) is 0. The normalized spacial score (nSPS) is 15.0. The van der Waals surface area contributed by atoms with Gasteiger partial charge in [0.2, 0.25) is 5.91 Å². The second-order valence-electron chi connectivity index (χ2n) is 4.34. The molecule has 1 aromatic carbocycles. The lowest BCUT2D eigenvalue weighted by molar-refractivity contribution is -0.127. The largest absolute Gasteiger partial charge is 0.489 e. The van der Waals surface area contributed by atoms with Crippen LogP contribution in [0.15, 0.2) is 18.2 Å². The molecule has 0 aliphatic heterocycles. The van der Waals surface area contributed by atoms with Crippen molar-refractivity contribution in [3.63, 3.8) is 0 Å². The van der Waals surface area contributed by atoms with Crippen molar-refractivity contribution in [2.24, 2.45) is 5.92 Å². The molecule has 1 saturated carbocycles. The van der Waals surface area contributed by atoms with Crippen LogP contribution in [0, 0.1) is 17.6 Å². The highest BCUT2D eigenvalue weighted by Gasteiger charge is 2.24. The van der Waals surface area contributed by atoms with Crippen molar-refractivity contribution in [1.82, 2.24) is 5.32 Å². The quantitative estimate of drug-likeness (QED) is 0.820. The van der Waals surface area contributed by atoms with E-state index in [4.69, 9.17) is 4.74 Å². The molecule has 0 saturated heterocycles. The molecule has 0 atom stereocenters. The van der Waals surface area contributed by atoms with Crippen LogP contribution in [0.1, 0.15) is 19.3 Å². The van der Waals surface area contributed by atoms with E-state index in [1.165, 1.54) is 6.07 Å². The van der Waals surface area contributed by atoms with Crippen molar-refractivity contribution in [3.05, 3.63) is 29.8 Å². The summed E-state index contributed by atoms with van der Waals surface area (Å²) in [6, 6.07) is 3.13. The predicted octanol–water partition coefficient (Wildman–Crippen LogP) is 2.26. The number of carbonyl (C=O) groups excluding carboxylic acids is 1. The van der Waals surface area contributed by atoms with Crippen LogP contribution >= 0.6 is 0 Å². The molecular formula is C13H15F2NO2. The molecule has 1 N–H and O–H groups in total. The summed E-state index contributed by atoms with van der Waals surface area (Å²) >= 11 is 0. The highest BCUT2D eigenvalue weighted by atomic mass is 19.1. The zero-order chi connectivity index (χ0) is 13.0. The molecule has 1 aliphatic carbocycles. The first-order valence-corrected chi connectivity index (χ1v) is 6.02. The van der Waals surface area contributed by atoms with Gasteiger partial charge in [-0.05, 0) is 25.0 Å². The molecule has 1 aromatic rings. The maximum atomic E-state index is 13.2. The van der Waals surface area contributed by atoms with Gasteiger partial charge in [-0.2, -0.15) is 0 Å². The lowest BCUT2D eigenvalue weighted by atomic mass is 9.85. The standard InChI is InChI=1S/C13H15F2NO2/c14-10-4-5-12(11(15)8-10)18-7-6-16-13(17)9-2-1-3-9/h4-5,8-9H,1-3,6-7H2,(H,16,17). The minimum absolute atomic E-state index is 0.00528. The van der Waals surface area contributed by atoms with Gasteiger partial charge in [0, 0.05) is 12.0 Å². The van der Waals surface area contributed by atoms with Crippen LogP contribution in [0.3, 0.4) is 0 Å². The number of hydrogen-bond donors (Lipinski definition) is 1. The van der Waals surface area contributed by atoms with Gasteiger partial charge in [0.05, 0.1) is 6.54 Å². The van der Waals surface area contributed by atoms with Crippen molar-refractivity contribution in [3.8, 4) is 5.75 Å². The summed E-state index contributed by atoms with van der Waals surface area (Å²) < 4.78 is 30.9. The molecule has 2 rings (SSSR count). The molecule has 3 nitrogen and oxygen atoms in total. The Kier molecular flexibility index (Phi) is 4.12. The molecule has 98 valence electrons. The third-order valence-corrected chi connectivity index (χ3v) is 3.03. The fourth-order valence-electron chi connectivity index (χ4n) is 1.74. The van der Waals surface area contributed by atoms with Crippen LogP contribution in [-0.2, 0) is 4.79 Å². The van der Waals surface area contributed by atoms with Gasteiger partial charge in [0.25, 0.3) is 0 Å². The highest BCUT2D eigenvalue weighted by Crippen LogP contribution is 2.26. The van der Waals surface area contributed by atoms with Gasteiger partial charge in [0.15, 0.2) is 11.6 Å². The molecule has 1 amide bonds. The van der Waals surface area contributed by atoms with Gasteiger partial charge < -0.3 is 10.1 Å². The fourth-order valence-corrected chi connectivity index (χ4v) is 1.74. The van der Waals surface area contributed by atoms with Gasteiger partial charge in [-0.3, -0.25) is 4.79 Å². The summed E-state index contributed by atoms with van der Waals surface area (Å²) in [5, 5.41) is 2.73. The second kappa shape index (κ2) is 5.80. The number of halogens is 2. The van der Waals surface area contributed by atoms with E-state index in [9.17, 15) is 13.6 Å². The molecule has 1 aliphatic rings. The Balaban J connectivity index is 1.70. The first-order chi connectivity index (χ1) is 8.66. The molecule has 0 aromatic heterocycles. The second-order valence-corrected chi connectivity index (χ2v) is 4.34. The van der Waals surface area contributed by atoms with Gasteiger partial charge in [-0.15, -0.1) is 0 Å². The maximum absolute atomic E-state index is 13.2. The fraction of sp³-hybridized carbons (Fsp3) is 0.462. The Morgan fingerprint density at radius 2 is 2.17 bits per heavy atom. The maximum Gasteiger partial charge on any atom is 0.223 e. The third-order valence-electron chi connectivity index (χ3n) is 3.03. The smallest absolute Gasteiger partial charge is 0.223 e. The first kappa shape index (κ1) is 12.8. The van der Waals surface area contributed by atoms with E-state index in [-0.39, 0.29) is 24.2 Å². The minimum atomic E-state index is -0.736. The van der Waals surface area contributed by atoms with E-state index >= 15 is 0 Å². The molecule has 0 spiro atoms. The van der Waals surface area contributed by atoms with E-state index in [0.717, 1.165) is 31.4 Å². The zero-order valence-electron chi connectivity index (χ0n) is 9.92. The van der Waals surface area contributed by atoms with Crippen LogP contribution < -0.4 is 10.1 Å². The Labute approximate surface area is 104 Å². The van der Waals surface area contributed by atoms with Crippen molar-refractivity contribution >= 4 is 5.91 Å². The summed E-state index contributed by atoms with van der Waals surface area (Å²) in [5.74, 6) is -1.22. The first-order valence-electron chi connectivity index (χ1n) is 6.02. The van der Waals surface area contributed by atoms with Crippen molar-refractivity contribution < 1.29 is 18.3 Å². The monoisotopic (exact) mass is 255 g/mol. The Morgan fingerprint density at radius 3 is 2.78 bits per heavy atom. The number of amides is 1. The van der Waals surface area contributed by atoms with Crippen LogP contribution in [0.4, 0.5) is 8.78 Å². The van der Waals surface area contributed by atoms with E-state index in [1.54, 1.807) is 0 Å². The third kappa shape index (κ3) is 3.18. The predicted molar refractivity (Wildman–Crippen MR) is 62.2 cm³/mol. The average Bonchev–Trinajstić information content (AvgIpc) is 2.24. The summed E-state index contributed by atoms with van der Waals surface area (Å²) in [6.07, 6.45) is 2.99. The number of rotatable bonds is 5. The lowest BCUT2D eigenvalue weighted by Crippen LogP contribution is -2.36. The molecule has 0 radical (unpaired) electrons.